The van der Waals surface area contributed by atoms with Crippen molar-refractivity contribution in [2.75, 3.05) is 13.1 Å². The van der Waals surface area contributed by atoms with Gasteiger partial charge in [-0.15, -0.1) is 0 Å². The molecule has 0 radical (unpaired) electrons. The molecule has 1 atom stereocenters. The lowest BCUT2D eigenvalue weighted by atomic mass is 9.91. The number of aryl methyl sites for hydroxylation is 3. The first-order valence-corrected chi connectivity index (χ1v) is 8.61. The number of likely N-dealkylation sites (tertiary alicyclic amines) is 1. The Bertz CT molecular complexity index is 753. The highest BCUT2D eigenvalue weighted by atomic mass is 19.2. The molecule has 1 aromatic heterocycles. The Hall–Kier alpha value is -2.24. The van der Waals surface area contributed by atoms with Crippen molar-refractivity contribution in [3.05, 3.63) is 52.4 Å². The van der Waals surface area contributed by atoms with E-state index in [1.54, 1.807) is 19.9 Å². The fraction of sp³-hybridized carbons (Fsp3) is 0.474. The molecule has 134 valence electrons. The number of nitrogens with zero attached hydrogens (tertiary/aromatic N) is 2. The molecular weight excluding hydrogens is 326 g/mol. The molecule has 1 aliphatic heterocycles. The van der Waals surface area contributed by atoms with Gasteiger partial charge in [0.25, 0.3) is 5.91 Å². The van der Waals surface area contributed by atoms with Crippen molar-refractivity contribution in [2.45, 2.75) is 39.5 Å². The highest BCUT2D eigenvalue weighted by molar-refractivity contribution is 5.96. The third-order valence-corrected chi connectivity index (χ3v) is 4.88. The van der Waals surface area contributed by atoms with Crippen LogP contribution >= 0.6 is 0 Å². The molecule has 0 aliphatic carbocycles. The van der Waals surface area contributed by atoms with Crippen LogP contribution in [0.5, 0.6) is 0 Å². The Morgan fingerprint density at radius 3 is 2.80 bits per heavy atom. The molecule has 2 aromatic rings. The van der Waals surface area contributed by atoms with Crippen molar-refractivity contribution >= 4 is 5.91 Å². The zero-order chi connectivity index (χ0) is 18.0. The minimum atomic E-state index is -0.822. The molecule has 0 N–H and O–H groups in total. The number of hydrogen-bond acceptors (Lipinski definition) is 3. The molecule has 1 fully saturated rings. The number of benzene rings is 1. The summed E-state index contributed by atoms with van der Waals surface area (Å²) < 4.78 is 31.4. The number of amides is 1. The summed E-state index contributed by atoms with van der Waals surface area (Å²) >= 11 is 0. The summed E-state index contributed by atoms with van der Waals surface area (Å²) in [5.74, 6) is -0.763. The van der Waals surface area contributed by atoms with E-state index in [9.17, 15) is 13.6 Å². The molecule has 1 saturated heterocycles. The van der Waals surface area contributed by atoms with Crippen molar-refractivity contribution in [1.29, 1.82) is 0 Å². The van der Waals surface area contributed by atoms with Crippen molar-refractivity contribution in [2.24, 2.45) is 5.92 Å². The van der Waals surface area contributed by atoms with E-state index in [-0.39, 0.29) is 5.91 Å². The van der Waals surface area contributed by atoms with Crippen LogP contribution < -0.4 is 0 Å². The van der Waals surface area contributed by atoms with Crippen molar-refractivity contribution in [3.8, 4) is 0 Å². The van der Waals surface area contributed by atoms with Gasteiger partial charge in [-0.1, -0.05) is 11.2 Å². The third kappa shape index (κ3) is 3.89. The van der Waals surface area contributed by atoms with E-state index in [1.165, 1.54) is 12.1 Å². The van der Waals surface area contributed by atoms with Gasteiger partial charge in [-0.05, 0) is 63.1 Å². The lowest BCUT2D eigenvalue weighted by Gasteiger charge is -2.33. The van der Waals surface area contributed by atoms with Gasteiger partial charge in [0.15, 0.2) is 11.6 Å². The zero-order valence-electron chi connectivity index (χ0n) is 14.5. The van der Waals surface area contributed by atoms with E-state index < -0.39 is 11.6 Å². The molecular formula is C19H22F2N2O2. The minimum Gasteiger partial charge on any atom is -0.361 e. The molecule has 25 heavy (non-hydrogen) atoms. The first-order chi connectivity index (χ1) is 12.0. The fourth-order valence-electron chi connectivity index (χ4n) is 3.50. The van der Waals surface area contributed by atoms with E-state index in [4.69, 9.17) is 4.52 Å². The number of rotatable bonds is 4. The molecule has 3 rings (SSSR count). The summed E-state index contributed by atoms with van der Waals surface area (Å²) in [6, 6.07) is 4.04. The Kier molecular flexibility index (Phi) is 5.16. The molecule has 2 heterocycles. The maximum absolute atomic E-state index is 13.3. The van der Waals surface area contributed by atoms with Gasteiger partial charge in [-0.2, -0.15) is 0 Å². The summed E-state index contributed by atoms with van der Waals surface area (Å²) in [7, 11) is 0. The number of piperidine rings is 1. The molecule has 0 bridgehead atoms. The second-order valence-corrected chi connectivity index (χ2v) is 6.75. The molecule has 1 aromatic carbocycles. The normalized spacial score (nSPS) is 17.8. The van der Waals surface area contributed by atoms with E-state index in [0.29, 0.717) is 35.9 Å². The van der Waals surface area contributed by atoms with E-state index in [0.717, 1.165) is 31.4 Å². The van der Waals surface area contributed by atoms with E-state index in [1.807, 2.05) is 4.90 Å². The Balaban J connectivity index is 1.61. The van der Waals surface area contributed by atoms with Gasteiger partial charge in [0.05, 0.1) is 5.69 Å². The topological polar surface area (TPSA) is 46.3 Å². The number of carbonyl (C=O) groups excluding carboxylic acids is 1. The van der Waals surface area contributed by atoms with Crippen LogP contribution in [-0.4, -0.2) is 29.1 Å². The van der Waals surface area contributed by atoms with Gasteiger partial charge in [0, 0.05) is 13.1 Å². The molecule has 0 spiro atoms. The summed E-state index contributed by atoms with van der Waals surface area (Å²) in [6.45, 7) is 4.92. The van der Waals surface area contributed by atoms with Crippen LogP contribution in [0.25, 0.3) is 0 Å². The van der Waals surface area contributed by atoms with Crippen LogP contribution in [0.4, 0.5) is 8.78 Å². The van der Waals surface area contributed by atoms with Gasteiger partial charge in [-0.25, -0.2) is 8.78 Å². The number of hydrogen-bond donors (Lipinski definition) is 0. The predicted octanol–water partition coefficient (Wildman–Crippen LogP) is 4.05. The second kappa shape index (κ2) is 7.33. The maximum Gasteiger partial charge on any atom is 0.259 e. The van der Waals surface area contributed by atoms with Crippen LogP contribution in [0, 0.1) is 31.4 Å². The maximum atomic E-state index is 13.3. The lowest BCUT2D eigenvalue weighted by molar-refractivity contribution is 0.0666. The summed E-state index contributed by atoms with van der Waals surface area (Å²) in [5, 5.41) is 3.85. The Morgan fingerprint density at radius 1 is 1.32 bits per heavy atom. The molecule has 6 heteroatoms. The number of halogens is 2. The highest BCUT2D eigenvalue weighted by Gasteiger charge is 2.28. The second-order valence-electron chi connectivity index (χ2n) is 6.75. The largest absolute Gasteiger partial charge is 0.361 e. The van der Waals surface area contributed by atoms with Gasteiger partial charge < -0.3 is 9.42 Å². The van der Waals surface area contributed by atoms with Crippen LogP contribution in [0.15, 0.2) is 22.7 Å². The minimum absolute atomic E-state index is 0.0335. The Labute approximate surface area is 145 Å². The van der Waals surface area contributed by atoms with Gasteiger partial charge in [-0.3, -0.25) is 4.79 Å². The van der Waals surface area contributed by atoms with Crippen LogP contribution in [0.2, 0.25) is 0 Å². The smallest absolute Gasteiger partial charge is 0.259 e. The summed E-state index contributed by atoms with van der Waals surface area (Å²) in [6.07, 6.45) is 3.50. The molecule has 4 nitrogen and oxygen atoms in total. The number of carbonyl (C=O) groups is 1. The van der Waals surface area contributed by atoms with Crippen LogP contribution in [0.3, 0.4) is 0 Å². The standard InChI is InChI=1S/C19H22F2N2O2/c1-12-18(13(2)25-22-12)19(24)23-9-3-4-15(11-23)6-5-14-7-8-16(20)17(21)10-14/h7-8,10,15H,3-6,9,11H2,1-2H3/t15-/m1/s1. The number of aromatic nitrogens is 1. The van der Waals surface area contributed by atoms with Crippen molar-refractivity contribution < 1.29 is 18.1 Å². The Morgan fingerprint density at radius 2 is 2.12 bits per heavy atom. The van der Waals surface area contributed by atoms with Gasteiger partial charge >= 0.3 is 0 Å². The average Bonchev–Trinajstić information content (AvgIpc) is 2.94. The summed E-state index contributed by atoms with van der Waals surface area (Å²) in [5.41, 5.74) is 1.96. The van der Waals surface area contributed by atoms with E-state index >= 15 is 0 Å². The molecule has 0 saturated carbocycles. The summed E-state index contributed by atoms with van der Waals surface area (Å²) in [4.78, 5) is 14.6. The molecule has 0 unspecified atom stereocenters. The quantitative estimate of drug-likeness (QED) is 0.837. The van der Waals surface area contributed by atoms with Gasteiger partial charge in [0.2, 0.25) is 0 Å². The van der Waals surface area contributed by atoms with Crippen LogP contribution in [0.1, 0.15) is 46.6 Å². The first-order valence-electron chi connectivity index (χ1n) is 8.61. The predicted molar refractivity (Wildman–Crippen MR) is 89.3 cm³/mol. The fourth-order valence-corrected chi connectivity index (χ4v) is 3.50. The third-order valence-electron chi connectivity index (χ3n) is 4.88. The monoisotopic (exact) mass is 348 g/mol. The van der Waals surface area contributed by atoms with Crippen LogP contribution in [-0.2, 0) is 6.42 Å². The van der Waals surface area contributed by atoms with E-state index in [2.05, 4.69) is 5.16 Å². The first kappa shape index (κ1) is 17.6. The van der Waals surface area contributed by atoms with Crippen molar-refractivity contribution in [1.82, 2.24) is 10.1 Å². The lowest BCUT2D eigenvalue weighted by Crippen LogP contribution is -2.40. The zero-order valence-corrected chi connectivity index (χ0v) is 14.5. The molecule has 1 amide bonds. The van der Waals surface area contributed by atoms with Crippen molar-refractivity contribution in [3.63, 3.8) is 0 Å². The molecule has 1 aliphatic rings. The average molecular weight is 348 g/mol. The SMILES string of the molecule is Cc1noc(C)c1C(=O)N1CCC[C@H](CCc2ccc(F)c(F)c2)C1. The highest BCUT2D eigenvalue weighted by Crippen LogP contribution is 2.25. The van der Waals surface area contributed by atoms with Gasteiger partial charge in [0.1, 0.15) is 11.3 Å².